The van der Waals surface area contributed by atoms with E-state index in [2.05, 4.69) is 34.8 Å². The maximum absolute atomic E-state index is 12.1. The van der Waals surface area contributed by atoms with Gasteiger partial charge >= 0.3 is 0 Å². The summed E-state index contributed by atoms with van der Waals surface area (Å²) in [7, 11) is 0. The molecule has 1 fully saturated rings. The summed E-state index contributed by atoms with van der Waals surface area (Å²) >= 11 is 0. The maximum atomic E-state index is 12.1. The van der Waals surface area contributed by atoms with Gasteiger partial charge in [0.25, 0.3) is 0 Å². The van der Waals surface area contributed by atoms with E-state index in [0.717, 1.165) is 18.6 Å². The van der Waals surface area contributed by atoms with Crippen molar-refractivity contribution in [3.8, 4) is 0 Å². The second kappa shape index (κ2) is 6.56. The van der Waals surface area contributed by atoms with Crippen LogP contribution in [-0.2, 0) is 11.2 Å². The number of hydrogen-bond donors (Lipinski definition) is 1. The smallest absolute Gasteiger partial charge is 0.243 e. The first-order valence-electron chi connectivity index (χ1n) is 7.66. The van der Waals surface area contributed by atoms with E-state index >= 15 is 0 Å². The zero-order valence-corrected chi connectivity index (χ0v) is 12.7. The van der Waals surface area contributed by atoms with Crippen LogP contribution >= 0.6 is 0 Å². The SMILES string of the molecule is CC(Cc1ccccc1)=NNC(=O)C1CC1c1ccccc1. The van der Waals surface area contributed by atoms with Crippen molar-refractivity contribution in [3.63, 3.8) is 0 Å². The number of nitrogens with zero attached hydrogens (tertiary/aromatic N) is 1. The van der Waals surface area contributed by atoms with Crippen LogP contribution < -0.4 is 5.43 Å². The van der Waals surface area contributed by atoms with Crippen LogP contribution in [0.25, 0.3) is 0 Å². The van der Waals surface area contributed by atoms with Gasteiger partial charge in [-0.15, -0.1) is 0 Å². The minimum Gasteiger partial charge on any atom is -0.273 e. The molecule has 0 aromatic heterocycles. The number of nitrogens with one attached hydrogen (secondary N) is 1. The maximum Gasteiger partial charge on any atom is 0.243 e. The van der Waals surface area contributed by atoms with Crippen molar-refractivity contribution in [1.82, 2.24) is 5.43 Å². The van der Waals surface area contributed by atoms with Gasteiger partial charge in [0, 0.05) is 18.1 Å². The molecule has 1 amide bonds. The van der Waals surface area contributed by atoms with Gasteiger partial charge in [-0.3, -0.25) is 4.79 Å². The zero-order valence-electron chi connectivity index (χ0n) is 12.7. The first-order valence-corrected chi connectivity index (χ1v) is 7.66. The first kappa shape index (κ1) is 14.5. The Morgan fingerprint density at radius 1 is 1.09 bits per heavy atom. The van der Waals surface area contributed by atoms with E-state index in [1.165, 1.54) is 11.1 Å². The molecule has 0 radical (unpaired) electrons. The van der Waals surface area contributed by atoms with Gasteiger partial charge in [-0.2, -0.15) is 5.10 Å². The molecule has 3 rings (SSSR count). The van der Waals surface area contributed by atoms with E-state index in [0.29, 0.717) is 5.92 Å². The summed E-state index contributed by atoms with van der Waals surface area (Å²) in [6, 6.07) is 20.3. The van der Waals surface area contributed by atoms with Crippen molar-refractivity contribution in [2.75, 3.05) is 0 Å². The predicted octanol–water partition coefficient (Wildman–Crippen LogP) is 3.52. The summed E-state index contributed by atoms with van der Waals surface area (Å²) in [5.41, 5.74) is 6.07. The standard InChI is InChI=1S/C19H20N2O/c1-14(12-15-8-4-2-5-9-15)20-21-19(22)18-13-17(18)16-10-6-3-7-11-16/h2-11,17-18H,12-13H2,1H3,(H,21,22). The number of amides is 1. The first-order chi connectivity index (χ1) is 10.7. The van der Waals surface area contributed by atoms with Crippen molar-refractivity contribution in [2.45, 2.75) is 25.7 Å². The topological polar surface area (TPSA) is 41.5 Å². The van der Waals surface area contributed by atoms with E-state index in [-0.39, 0.29) is 11.8 Å². The molecule has 3 nitrogen and oxygen atoms in total. The highest BCUT2D eigenvalue weighted by molar-refractivity contribution is 5.87. The van der Waals surface area contributed by atoms with Crippen LogP contribution in [0, 0.1) is 5.92 Å². The molecule has 2 atom stereocenters. The van der Waals surface area contributed by atoms with Crippen LogP contribution in [-0.4, -0.2) is 11.6 Å². The van der Waals surface area contributed by atoms with Gasteiger partial charge in [0.15, 0.2) is 0 Å². The Hall–Kier alpha value is -2.42. The molecule has 2 aromatic carbocycles. The summed E-state index contributed by atoms with van der Waals surface area (Å²) in [4.78, 5) is 12.1. The number of rotatable bonds is 5. The Labute approximate surface area is 131 Å². The summed E-state index contributed by atoms with van der Waals surface area (Å²) in [5, 5.41) is 4.23. The molecule has 1 saturated carbocycles. The van der Waals surface area contributed by atoms with Crippen molar-refractivity contribution in [2.24, 2.45) is 11.0 Å². The molecular weight excluding hydrogens is 272 g/mol. The fraction of sp³-hybridized carbons (Fsp3) is 0.263. The third kappa shape index (κ3) is 3.61. The Morgan fingerprint density at radius 2 is 1.73 bits per heavy atom. The summed E-state index contributed by atoms with van der Waals surface area (Å²) in [6.45, 7) is 1.94. The Kier molecular flexibility index (Phi) is 4.33. The third-order valence-corrected chi connectivity index (χ3v) is 4.01. The van der Waals surface area contributed by atoms with Gasteiger partial charge in [0.2, 0.25) is 5.91 Å². The van der Waals surface area contributed by atoms with E-state index in [4.69, 9.17) is 0 Å². The lowest BCUT2D eigenvalue weighted by Gasteiger charge is -2.03. The van der Waals surface area contributed by atoms with Gasteiger partial charge in [0.05, 0.1) is 0 Å². The average molecular weight is 292 g/mol. The van der Waals surface area contributed by atoms with Crippen LogP contribution in [0.3, 0.4) is 0 Å². The Balaban J connectivity index is 1.52. The lowest BCUT2D eigenvalue weighted by atomic mass is 10.1. The second-order valence-electron chi connectivity index (χ2n) is 5.84. The molecule has 0 saturated heterocycles. The molecule has 22 heavy (non-hydrogen) atoms. The largest absolute Gasteiger partial charge is 0.273 e. The molecular formula is C19H20N2O. The molecule has 3 heteroatoms. The van der Waals surface area contributed by atoms with Crippen LogP contribution in [0.15, 0.2) is 65.8 Å². The van der Waals surface area contributed by atoms with Crippen LogP contribution in [0.5, 0.6) is 0 Å². The highest BCUT2D eigenvalue weighted by atomic mass is 16.2. The zero-order chi connectivity index (χ0) is 15.4. The number of hydrogen-bond acceptors (Lipinski definition) is 2. The minimum absolute atomic E-state index is 0.0289. The number of benzene rings is 2. The van der Waals surface area contributed by atoms with Gasteiger partial charge < -0.3 is 0 Å². The molecule has 0 bridgehead atoms. The highest BCUT2D eigenvalue weighted by Crippen LogP contribution is 2.47. The van der Waals surface area contributed by atoms with E-state index < -0.39 is 0 Å². The van der Waals surface area contributed by atoms with E-state index in [1.807, 2.05) is 43.3 Å². The molecule has 1 N–H and O–H groups in total. The highest BCUT2D eigenvalue weighted by Gasteiger charge is 2.43. The minimum atomic E-state index is 0.0289. The van der Waals surface area contributed by atoms with E-state index in [1.54, 1.807) is 0 Å². The van der Waals surface area contributed by atoms with E-state index in [9.17, 15) is 4.79 Å². The molecule has 1 aliphatic carbocycles. The summed E-state index contributed by atoms with van der Waals surface area (Å²) in [6.07, 6.45) is 1.68. The predicted molar refractivity (Wildman–Crippen MR) is 88.7 cm³/mol. The summed E-state index contributed by atoms with van der Waals surface area (Å²) in [5.74, 6) is 0.447. The number of carbonyl (C=O) groups is 1. The second-order valence-corrected chi connectivity index (χ2v) is 5.84. The van der Waals surface area contributed by atoms with Crippen LogP contribution in [0.1, 0.15) is 30.4 Å². The van der Waals surface area contributed by atoms with Crippen LogP contribution in [0.4, 0.5) is 0 Å². The fourth-order valence-corrected chi connectivity index (χ4v) is 2.72. The van der Waals surface area contributed by atoms with Crippen LogP contribution in [0.2, 0.25) is 0 Å². The average Bonchev–Trinajstić information content (AvgIpc) is 3.35. The molecule has 2 unspecified atom stereocenters. The van der Waals surface area contributed by atoms with Crippen molar-refractivity contribution in [1.29, 1.82) is 0 Å². The number of hydrazone groups is 1. The lowest BCUT2D eigenvalue weighted by molar-refractivity contribution is -0.122. The Morgan fingerprint density at radius 3 is 2.41 bits per heavy atom. The van der Waals surface area contributed by atoms with Gasteiger partial charge in [0.1, 0.15) is 0 Å². The molecule has 2 aromatic rings. The molecule has 1 aliphatic rings. The quantitative estimate of drug-likeness (QED) is 0.665. The van der Waals surface area contributed by atoms with Crippen molar-refractivity contribution < 1.29 is 4.79 Å². The lowest BCUT2D eigenvalue weighted by Crippen LogP contribution is -2.21. The normalized spacial score (nSPS) is 20.5. The number of carbonyl (C=O) groups excluding carboxylic acids is 1. The van der Waals surface area contributed by atoms with Crippen molar-refractivity contribution in [3.05, 3.63) is 71.8 Å². The molecule has 0 aliphatic heterocycles. The summed E-state index contributed by atoms with van der Waals surface area (Å²) < 4.78 is 0. The fourth-order valence-electron chi connectivity index (χ4n) is 2.72. The van der Waals surface area contributed by atoms with Crippen molar-refractivity contribution >= 4 is 11.6 Å². The van der Waals surface area contributed by atoms with Gasteiger partial charge in [-0.1, -0.05) is 60.7 Å². The molecule has 0 spiro atoms. The van der Waals surface area contributed by atoms with Gasteiger partial charge in [-0.25, -0.2) is 5.43 Å². The monoisotopic (exact) mass is 292 g/mol. The molecule has 0 heterocycles. The van der Waals surface area contributed by atoms with Gasteiger partial charge in [-0.05, 0) is 30.4 Å². The Bertz CT molecular complexity index is 664. The third-order valence-electron chi connectivity index (χ3n) is 4.01. The molecule has 112 valence electrons.